The third-order valence-electron chi connectivity index (χ3n) is 6.10. The SMILES string of the molecule is CN(c1ncnc2[nH]ccc12)C1C[C@@H]2CN(C(=O)OC(C)(C)C)C[C@]2(C)C1. The summed E-state index contributed by atoms with van der Waals surface area (Å²) in [5, 5.41) is 1.05. The lowest BCUT2D eigenvalue weighted by atomic mass is 9.83. The molecular weight excluding hydrogens is 342 g/mol. The Morgan fingerprint density at radius 1 is 1.41 bits per heavy atom. The molecule has 0 bridgehead atoms. The van der Waals surface area contributed by atoms with Crippen LogP contribution in [0.1, 0.15) is 40.5 Å². The Kier molecular flexibility index (Phi) is 4.09. The number of carbonyl (C=O) groups excluding carboxylic acids is 1. The summed E-state index contributed by atoms with van der Waals surface area (Å²) in [7, 11) is 2.12. The average molecular weight is 371 g/mol. The Labute approximate surface area is 160 Å². The monoisotopic (exact) mass is 371 g/mol. The standard InChI is InChI=1S/C20H29N5O2/c1-19(2,3)27-18(26)25-10-13-8-14(9-20(13,4)11-25)24(5)17-15-6-7-21-16(15)22-12-23-17/h6-7,12-14H,8-11H2,1-5H3,(H,21,22,23)/t13-,14?,20+/m1/s1. The van der Waals surface area contributed by atoms with Crippen molar-refractivity contribution in [3.05, 3.63) is 18.6 Å². The van der Waals surface area contributed by atoms with Crippen molar-refractivity contribution in [2.75, 3.05) is 25.0 Å². The number of aromatic nitrogens is 3. The van der Waals surface area contributed by atoms with Crippen molar-refractivity contribution in [2.45, 2.75) is 52.2 Å². The lowest BCUT2D eigenvalue weighted by Gasteiger charge is -2.30. The highest BCUT2D eigenvalue weighted by Gasteiger charge is 2.52. The molecule has 1 saturated carbocycles. The second-order valence-electron chi connectivity index (χ2n) is 9.35. The quantitative estimate of drug-likeness (QED) is 0.875. The normalized spacial score (nSPS) is 27.8. The Bertz CT molecular complexity index is 857. The maximum atomic E-state index is 12.5. The summed E-state index contributed by atoms with van der Waals surface area (Å²) in [6.07, 6.45) is 5.44. The van der Waals surface area contributed by atoms with Crippen LogP contribution in [0, 0.1) is 11.3 Å². The van der Waals surface area contributed by atoms with E-state index in [1.165, 1.54) is 0 Å². The number of amides is 1. The van der Waals surface area contributed by atoms with E-state index in [4.69, 9.17) is 4.74 Å². The summed E-state index contributed by atoms with van der Waals surface area (Å²) in [5.41, 5.74) is 0.542. The molecule has 27 heavy (non-hydrogen) atoms. The van der Waals surface area contributed by atoms with Crippen LogP contribution in [0.25, 0.3) is 11.0 Å². The Hall–Kier alpha value is -2.31. The van der Waals surface area contributed by atoms with Crippen LogP contribution in [-0.4, -0.2) is 57.7 Å². The first-order valence-corrected chi connectivity index (χ1v) is 9.65. The minimum absolute atomic E-state index is 0.125. The molecule has 2 aromatic rings. The molecule has 3 heterocycles. The van der Waals surface area contributed by atoms with Gasteiger partial charge in [0.25, 0.3) is 0 Å². The van der Waals surface area contributed by atoms with E-state index in [9.17, 15) is 4.79 Å². The molecule has 1 aliphatic carbocycles. The van der Waals surface area contributed by atoms with E-state index in [0.29, 0.717) is 12.0 Å². The summed E-state index contributed by atoms with van der Waals surface area (Å²) in [4.78, 5) is 28.6. The van der Waals surface area contributed by atoms with Gasteiger partial charge in [-0.05, 0) is 51.0 Å². The predicted molar refractivity (Wildman–Crippen MR) is 105 cm³/mol. The number of fused-ring (bicyclic) bond motifs is 2. The fourth-order valence-electron chi connectivity index (χ4n) is 4.73. The van der Waals surface area contributed by atoms with Crippen LogP contribution in [0.5, 0.6) is 0 Å². The minimum atomic E-state index is -0.451. The van der Waals surface area contributed by atoms with Crippen molar-refractivity contribution >= 4 is 22.9 Å². The first kappa shape index (κ1) is 18.1. The topological polar surface area (TPSA) is 74.4 Å². The van der Waals surface area contributed by atoms with Crippen LogP contribution >= 0.6 is 0 Å². The van der Waals surface area contributed by atoms with E-state index in [2.05, 4.69) is 33.8 Å². The third kappa shape index (κ3) is 3.24. The summed E-state index contributed by atoms with van der Waals surface area (Å²) in [6.45, 7) is 9.59. The van der Waals surface area contributed by atoms with Crippen LogP contribution in [0.15, 0.2) is 18.6 Å². The van der Waals surface area contributed by atoms with Crippen molar-refractivity contribution in [3.8, 4) is 0 Å². The zero-order chi connectivity index (χ0) is 19.4. The Balaban J connectivity index is 1.47. The molecule has 2 aromatic heterocycles. The number of anilines is 1. The second-order valence-corrected chi connectivity index (χ2v) is 9.35. The van der Waals surface area contributed by atoms with Gasteiger partial charge in [-0.15, -0.1) is 0 Å². The van der Waals surface area contributed by atoms with Crippen LogP contribution in [-0.2, 0) is 4.74 Å². The van der Waals surface area contributed by atoms with Gasteiger partial charge >= 0.3 is 6.09 Å². The number of ether oxygens (including phenoxy) is 1. The Morgan fingerprint density at radius 2 is 2.19 bits per heavy atom. The molecule has 1 saturated heterocycles. The number of hydrogen-bond acceptors (Lipinski definition) is 5. The summed E-state index contributed by atoms with van der Waals surface area (Å²) in [5.74, 6) is 1.46. The maximum absolute atomic E-state index is 12.5. The zero-order valence-electron chi connectivity index (χ0n) is 16.8. The van der Waals surface area contributed by atoms with Crippen molar-refractivity contribution in [1.29, 1.82) is 0 Å². The molecule has 1 amide bonds. The van der Waals surface area contributed by atoms with Crippen LogP contribution in [0.3, 0.4) is 0 Å². The lowest BCUT2D eigenvalue weighted by Crippen LogP contribution is -2.38. The first-order chi connectivity index (χ1) is 12.7. The number of carbonyl (C=O) groups is 1. The van der Waals surface area contributed by atoms with Crippen molar-refractivity contribution in [3.63, 3.8) is 0 Å². The number of H-pyrrole nitrogens is 1. The molecule has 7 nitrogen and oxygen atoms in total. The molecular formula is C20H29N5O2. The van der Waals surface area contributed by atoms with Crippen LogP contribution in [0.2, 0.25) is 0 Å². The number of rotatable bonds is 2. The molecule has 2 fully saturated rings. The predicted octanol–water partition coefficient (Wildman–Crippen LogP) is 3.43. The van der Waals surface area contributed by atoms with Crippen LogP contribution in [0.4, 0.5) is 10.6 Å². The molecule has 1 aliphatic heterocycles. The molecule has 4 rings (SSSR count). The zero-order valence-corrected chi connectivity index (χ0v) is 16.8. The summed E-state index contributed by atoms with van der Waals surface area (Å²) in [6, 6.07) is 2.44. The van der Waals surface area contributed by atoms with Gasteiger partial charge in [-0.1, -0.05) is 6.92 Å². The number of hydrogen-bond donors (Lipinski definition) is 1. The number of aromatic amines is 1. The Morgan fingerprint density at radius 3 is 2.89 bits per heavy atom. The highest BCUT2D eigenvalue weighted by atomic mass is 16.6. The second kappa shape index (κ2) is 6.11. The average Bonchev–Trinajstić information content (AvgIpc) is 3.23. The van der Waals surface area contributed by atoms with E-state index in [0.717, 1.165) is 42.8 Å². The van der Waals surface area contributed by atoms with Gasteiger partial charge < -0.3 is 19.5 Å². The summed E-state index contributed by atoms with van der Waals surface area (Å²) >= 11 is 0. The van der Waals surface area contributed by atoms with Gasteiger partial charge in [-0.3, -0.25) is 0 Å². The summed E-state index contributed by atoms with van der Waals surface area (Å²) < 4.78 is 5.57. The molecule has 1 N–H and O–H groups in total. The molecule has 1 unspecified atom stereocenters. The van der Waals surface area contributed by atoms with Gasteiger partial charge in [0.1, 0.15) is 23.4 Å². The number of nitrogens with zero attached hydrogens (tertiary/aromatic N) is 4. The lowest BCUT2D eigenvalue weighted by molar-refractivity contribution is 0.0269. The fourth-order valence-corrected chi connectivity index (χ4v) is 4.73. The molecule has 0 radical (unpaired) electrons. The van der Waals surface area contributed by atoms with Gasteiger partial charge in [0.05, 0.1) is 5.39 Å². The van der Waals surface area contributed by atoms with Crippen molar-refractivity contribution < 1.29 is 9.53 Å². The van der Waals surface area contributed by atoms with Crippen molar-refractivity contribution in [1.82, 2.24) is 19.9 Å². The van der Waals surface area contributed by atoms with E-state index in [1.54, 1.807) is 6.33 Å². The highest BCUT2D eigenvalue weighted by molar-refractivity contribution is 5.87. The van der Waals surface area contributed by atoms with Gasteiger partial charge in [0.15, 0.2) is 0 Å². The third-order valence-corrected chi connectivity index (χ3v) is 6.10. The molecule has 0 spiro atoms. The number of nitrogens with one attached hydrogen (secondary N) is 1. The van der Waals surface area contributed by atoms with E-state index in [-0.39, 0.29) is 11.5 Å². The van der Waals surface area contributed by atoms with E-state index < -0.39 is 5.60 Å². The molecule has 7 heteroatoms. The van der Waals surface area contributed by atoms with Crippen LogP contribution < -0.4 is 4.90 Å². The molecule has 2 aliphatic rings. The van der Waals surface area contributed by atoms with Crippen molar-refractivity contribution in [2.24, 2.45) is 11.3 Å². The number of likely N-dealkylation sites (tertiary alicyclic amines) is 1. The van der Waals surface area contributed by atoms with Gasteiger partial charge in [-0.2, -0.15) is 0 Å². The largest absolute Gasteiger partial charge is 0.444 e. The van der Waals surface area contributed by atoms with Gasteiger partial charge in [0.2, 0.25) is 0 Å². The smallest absolute Gasteiger partial charge is 0.410 e. The fraction of sp³-hybridized carbons (Fsp3) is 0.650. The molecule has 146 valence electrons. The molecule has 0 aromatic carbocycles. The maximum Gasteiger partial charge on any atom is 0.410 e. The van der Waals surface area contributed by atoms with E-state index in [1.807, 2.05) is 37.9 Å². The minimum Gasteiger partial charge on any atom is -0.444 e. The molecule has 3 atom stereocenters. The first-order valence-electron chi connectivity index (χ1n) is 9.65. The highest BCUT2D eigenvalue weighted by Crippen LogP contribution is 2.50. The van der Waals surface area contributed by atoms with Gasteiger partial charge in [0, 0.05) is 32.4 Å². The van der Waals surface area contributed by atoms with Gasteiger partial charge in [-0.25, -0.2) is 14.8 Å². The van der Waals surface area contributed by atoms with E-state index >= 15 is 0 Å².